The van der Waals surface area contributed by atoms with Crippen LogP contribution in [0.4, 0.5) is 10.1 Å². The zero-order valence-corrected chi connectivity index (χ0v) is 17.2. The topological polar surface area (TPSA) is 81.3 Å². The molecule has 4 aromatic rings. The molecule has 0 aliphatic rings. The number of rotatable bonds is 6. The summed E-state index contributed by atoms with van der Waals surface area (Å²) in [7, 11) is 0. The minimum absolute atomic E-state index is 0.0112. The van der Waals surface area contributed by atoms with E-state index in [2.05, 4.69) is 15.5 Å². The molecule has 1 amide bonds. The van der Waals surface area contributed by atoms with Gasteiger partial charge in [0, 0.05) is 30.9 Å². The Kier molecular flexibility index (Phi) is 5.62. The van der Waals surface area contributed by atoms with Crippen LogP contribution >= 0.6 is 0 Å². The van der Waals surface area contributed by atoms with Gasteiger partial charge in [-0.15, -0.1) is 10.2 Å². The second-order valence-corrected chi connectivity index (χ2v) is 7.69. The van der Waals surface area contributed by atoms with Crippen LogP contribution in [0.15, 0.2) is 65.7 Å². The average Bonchev–Trinajstić information content (AvgIpc) is 3.11. The van der Waals surface area contributed by atoms with Crippen molar-refractivity contribution < 1.29 is 9.18 Å². The van der Waals surface area contributed by atoms with Gasteiger partial charge in [-0.3, -0.25) is 18.6 Å². The molecule has 1 atom stereocenters. The third-order valence-electron chi connectivity index (χ3n) is 4.99. The molecule has 0 aliphatic carbocycles. The van der Waals surface area contributed by atoms with Crippen molar-refractivity contribution in [1.82, 2.24) is 19.2 Å². The van der Waals surface area contributed by atoms with Gasteiger partial charge in [-0.25, -0.2) is 4.39 Å². The van der Waals surface area contributed by atoms with Crippen LogP contribution in [0.5, 0.6) is 0 Å². The second-order valence-electron chi connectivity index (χ2n) is 7.69. The maximum Gasteiger partial charge on any atom is 0.300 e. The molecule has 31 heavy (non-hydrogen) atoms. The van der Waals surface area contributed by atoms with E-state index >= 15 is 0 Å². The van der Waals surface area contributed by atoms with Gasteiger partial charge >= 0.3 is 5.56 Å². The molecule has 158 valence electrons. The number of carbonyl (C=O) groups is 1. The van der Waals surface area contributed by atoms with E-state index in [9.17, 15) is 14.0 Å². The molecule has 0 aliphatic heterocycles. The Morgan fingerprint density at radius 3 is 2.71 bits per heavy atom. The zero-order valence-electron chi connectivity index (χ0n) is 17.2. The van der Waals surface area contributed by atoms with Gasteiger partial charge in [0.05, 0.1) is 5.69 Å². The molecule has 2 aromatic heterocycles. The van der Waals surface area contributed by atoms with Crippen LogP contribution in [0.3, 0.4) is 0 Å². The van der Waals surface area contributed by atoms with E-state index in [-0.39, 0.29) is 17.5 Å². The summed E-state index contributed by atoms with van der Waals surface area (Å²) in [5, 5.41) is 11.1. The molecule has 8 heteroatoms. The lowest BCUT2D eigenvalue weighted by atomic mass is 10.0. The summed E-state index contributed by atoms with van der Waals surface area (Å²) >= 11 is 0. The lowest BCUT2D eigenvalue weighted by Gasteiger charge is -2.11. The number of hydrogen-bond acceptors (Lipinski definition) is 4. The number of fused-ring (bicyclic) bond motifs is 1. The number of anilines is 1. The van der Waals surface area contributed by atoms with Crippen molar-refractivity contribution in [2.24, 2.45) is 5.92 Å². The zero-order chi connectivity index (χ0) is 22.0. The van der Waals surface area contributed by atoms with E-state index in [0.29, 0.717) is 24.4 Å². The number of nitrogens with one attached hydrogen (secondary N) is 1. The van der Waals surface area contributed by atoms with E-state index in [1.54, 1.807) is 28.9 Å². The van der Waals surface area contributed by atoms with Gasteiger partial charge in [-0.2, -0.15) is 0 Å². The minimum atomic E-state index is -0.427. The standard InChI is InChI=1S/C23H22FN5O2/c1-15-5-3-7-18(11-15)25-21(30)13-16(2)12-20-26-27-22-23(31)28(9-10-29(20)22)19-8-4-6-17(24)14-19/h3-11,14,16H,12-13H2,1-2H3,(H,25,30)/t16-/m1/s1. The van der Waals surface area contributed by atoms with Crippen LogP contribution in [0.1, 0.15) is 24.7 Å². The fraction of sp³-hybridized carbons (Fsp3) is 0.217. The smallest absolute Gasteiger partial charge is 0.300 e. The van der Waals surface area contributed by atoms with Crippen LogP contribution in [-0.2, 0) is 11.2 Å². The third kappa shape index (κ3) is 4.53. The molecule has 2 heterocycles. The highest BCUT2D eigenvalue weighted by Gasteiger charge is 2.16. The first-order valence-electron chi connectivity index (χ1n) is 9.98. The Balaban J connectivity index is 1.49. The van der Waals surface area contributed by atoms with Crippen LogP contribution in [0, 0.1) is 18.7 Å². The first kappa shape index (κ1) is 20.5. The Labute approximate surface area is 178 Å². The minimum Gasteiger partial charge on any atom is -0.326 e. The SMILES string of the molecule is Cc1cccc(NC(=O)C[C@H](C)Cc2nnc3c(=O)n(-c4cccc(F)c4)ccn23)c1. The highest BCUT2D eigenvalue weighted by Crippen LogP contribution is 2.15. The number of nitrogens with zero attached hydrogens (tertiary/aromatic N) is 4. The molecular formula is C23H22FN5O2. The number of aromatic nitrogens is 4. The van der Waals surface area contributed by atoms with Gasteiger partial charge in [0.15, 0.2) is 0 Å². The monoisotopic (exact) mass is 419 g/mol. The van der Waals surface area contributed by atoms with E-state index in [1.165, 1.54) is 16.7 Å². The van der Waals surface area contributed by atoms with Gasteiger partial charge in [0.25, 0.3) is 0 Å². The highest BCUT2D eigenvalue weighted by molar-refractivity contribution is 5.90. The lowest BCUT2D eigenvalue weighted by molar-refractivity contribution is -0.116. The van der Waals surface area contributed by atoms with Gasteiger partial charge in [0.1, 0.15) is 11.6 Å². The fourth-order valence-electron chi connectivity index (χ4n) is 3.54. The van der Waals surface area contributed by atoms with E-state index in [4.69, 9.17) is 0 Å². The summed E-state index contributed by atoms with van der Waals surface area (Å²) in [5.74, 6) is 0.0711. The van der Waals surface area contributed by atoms with Crippen LogP contribution in [-0.4, -0.2) is 25.1 Å². The highest BCUT2D eigenvalue weighted by atomic mass is 19.1. The number of halogens is 1. The van der Waals surface area contributed by atoms with E-state index in [0.717, 1.165) is 11.3 Å². The first-order chi connectivity index (χ1) is 14.9. The van der Waals surface area contributed by atoms with Crippen molar-refractivity contribution in [2.45, 2.75) is 26.7 Å². The maximum absolute atomic E-state index is 13.5. The Hall–Kier alpha value is -3.81. The largest absolute Gasteiger partial charge is 0.326 e. The third-order valence-corrected chi connectivity index (χ3v) is 4.99. The molecule has 2 aromatic carbocycles. The number of carbonyl (C=O) groups excluding carboxylic acids is 1. The number of aryl methyl sites for hydroxylation is 1. The van der Waals surface area contributed by atoms with Crippen molar-refractivity contribution in [2.75, 3.05) is 5.32 Å². The molecule has 0 bridgehead atoms. The molecule has 0 spiro atoms. The van der Waals surface area contributed by atoms with E-state index < -0.39 is 11.4 Å². The van der Waals surface area contributed by atoms with Crippen molar-refractivity contribution in [1.29, 1.82) is 0 Å². The van der Waals surface area contributed by atoms with Gasteiger partial charge in [-0.05, 0) is 48.7 Å². The summed E-state index contributed by atoms with van der Waals surface area (Å²) < 4.78 is 16.5. The molecule has 7 nitrogen and oxygen atoms in total. The number of benzene rings is 2. The van der Waals surface area contributed by atoms with Crippen molar-refractivity contribution in [3.05, 3.63) is 88.5 Å². The average molecular weight is 419 g/mol. The Morgan fingerprint density at radius 1 is 1.13 bits per heavy atom. The van der Waals surface area contributed by atoms with Crippen LogP contribution in [0.2, 0.25) is 0 Å². The van der Waals surface area contributed by atoms with Crippen molar-refractivity contribution >= 4 is 17.2 Å². The Morgan fingerprint density at radius 2 is 1.94 bits per heavy atom. The normalized spacial score (nSPS) is 12.1. The first-order valence-corrected chi connectivity index (χ1v) is 9.98. The summed E-state index contributed by atoms with van der Waals surface area (Å²) in [5.41, 5.74) is 2.01. The second kappa shape index (κ2) is 8.51. The van der Waals surface area contributed by atoms with Crippen molar-refractivity contribution in [3.63, 3.8) is 0 Å². The Bertz CT molecular complexity index is 1310. The summed E-state index contributed by atoms with van der Waals surface area (Å²) in [6.45, 7) is 3.92. The summed E-state index contributed by atoms with van der Waals surface area (Å²) in [6, 6.07) is 13.4. The molecule has 0 saturated carbocycles. The van der Waals surface area contributed by atoms with Gasteiger partial charge < -0.3 is 5.32 Å². The maximum atomic E-state index is 13.5. The lowest BCUT2D eigenvalue weighted by Crippen LogP contribution is -2.21. The number of hydrogen-bond donors (Lipinski definition) is 1. The van der Waals surface area contributed by atoms with Gasteiger partial charge in [-0.1, -0.05) is 25.1 Å². The molecule has 0 radical (unpaired) electrons. The molecule has 4 rings (SSSR count). The van der Waals surface area contributed by atoms with E-state index in [1.807, 2.05) is 38.1 Å². The fourth-order valence-corrected chi connectivity index (χ4v) is 3.54. The quantitative estimate of drug-likeness (QED) is 0.518. The van der Waals surface area contributed by atoms with Gasteiger partial charge in [0.2, 0.25) is 11.6 Å². The molecule has 1 N–H and O–H groups in total. The van der Waals surface area contributed by atoms with Crippen molar-refractivity contribution in [3.8, 4) is 5.69 Å². The molecule has 0 fully saturated rings. The predicted molar refractivity (Wildman–Crippen MR) is 116 cm³/mol. The van der Waals surface area contributed by atoms with Crippen LogP contribution < -0.4 is 10.9 Å². The predicted octanol–water partition coefficient (Wildman–Crippen LogP) is 3.54. The summed E-state index contributed by atoms with van der Waals surface area (Å²) in [4.78, 5) is 25.2. The molecular weight excluding hydrogens is 397 g/mol. The molecule has 0 saturated heterocycles. The molecule has 0 unspecified atom stereocenters. The van der Waals surface area contributed by atoms with Crippen LogP contribution in [0.25, 0.3) is 11.3 Å². The number of amides is 1. The summed E-state index contributed by atoms with van der Waals surface area (Å²) in [6.07, 6.45) is 4.03.